The van der Waals surface area contributed by atoms with Crippen molar-refractivity contribution in [2.75, 3.05) is 18.0 Å². The van der Waals surface area contributed by atoms with E-state index in [9.17, 15) is 0 Å². The molecule has 1 aliphatic rings. The van der Waals surface area contributed by atoms with E-state index in [0.717, 1.165) is 36.8 Å². The van der Waals surface area contributed by atoms with Crippen LogP contribution in [-0.4, -0.2) is 30.1 Å². The van der Waals surface area contributed by atoms with Crippen LogP contribution in [0.1, 0.15) is 64.9 Å². The zero-order chi connectivity index (χ0) is 18.1. The van der Waals surface area contributed by atoms with Crippen LogP contribution in [0.15, 0.2) is 23.3 Å². The molecule has 0 radical (unpaired) electrons. The van der Waals surface area contributed by atoms with Gasteiger partial charge >= 0.3 is 0 Å². The van der Waals surface area contributed by atoms with Gasteiger partial charge in [0.15, 0.2) is 5.96 Å². The van der Waals surface area contributed by atoms with Gasteiger partial charge in [-0.1, -0.05) is 26.7 Å². The molecule has 1 atom stereocenters. The van der Waals surface area contributed by atoms with Crippen molar-refractivity contribution in [1.82, 2.24) is 10.3 Å². The summed E-state index contributed by atoms with van der Waals surface area (Å²) < 4.78 is 0. The Kier molecular flexibility index (Phi) is 8.02. The Morgan fingerprint density at radius 3 is 2.72 bits per heavy atom. The predicted molar refractivity (Wildman–Crippen MR) is 107 cm³/mol. The van der Waals surface area contributed by atoms with Gasteiger partial charge in [-0.2, -0.15) is 0 Å². The third kappa shape index (κ3) is 7.32. The Morgan fingerprint density at radius 2 is 2.00 bits per heavy atom. The number of guanidine groups is 1. The molecule has 2 rings (SSSR count). The highest BCUT2D eigenvalue weighted by Crippen LogP contribution is 2.18. The van der Waals surface area contributed by atoms with Gasteiger partial charge in [0.05, 0.1) is 6.54 Å². The van der Waals surface area contributed by atoms with Gasteiger partial charge in [-0.15, -0.1) is 0 Å². The summed E-state index contributed by atoms with van der Waals surface area (Å²) in [7, 11) is 0. The number of anilines is 1. The molecule has 0 aromatic carbocycles. The summed E-state index contributed by atoms with van der Waals surface area (Å²) in [6, 6.07) is 4.54. The highest BCUT2D eigenvalue weighted by Gasteiger charge is 2.12. The van der Waals surface area contributed by atoms with E-state index in [1.807, 2.05) is 12.3 Å². The van der Waals surface area contributed by atoms with Crippen LogP contribution in [0.5, 0.6) is 0 Å². The normalized spacial score (nSPS) is 17.0. The number of aromatic nitrogens is 1. The van der Waals surface area contributed by atoms with Crippen LogP contribution in [-0.2, 0) is 6.54 Å². The maximum Gasteiger partial charge on any atom is 0.189 e. The van der Waals surface area contributed by atoms with Gasteiger partial charge in [0.1, 0.15) is 5.82 Å². The average molecular weight is 346 g/mol. The molecule has 1 saturated heterocycles. The number of nitrogens with one attached hydrogen (secondary N) is 1. The summed E-state index contributed by atoms with van der Waals surface area (Å²) in [5.74, 6) is 2.37. The summed E-state index contributed by atoms with van der Waals surface area (Å²) in [6.45, 7) is 9.51. The lowest BCUT2D eigenvalue weighted by Gasteiger charge is -2.27. The van der Waals surface area contributed by atoms with Gasteiger partial charge in [-0.05, 0) is 56.2 Å². The topological polar surface area (TPSA) is 66.5 Å². The van der Waals surface area contributed by atoms with Gasteiger partial charge in [0, 0.05) is 25.3 Å². The van der Waals surface area contributed by atoms with E-state index in [-0.39, 0.29) is 0 Å². The van der Waals surface area contributed by atoms with Crippen LogP contribution in [0.3, 0.4) is 0 Å². The van der Waals surface area contributed by atoms with E-state index in [4.69, 9.17) is 5.73 Å². The number of hydrogen-bond donors (Lipinski definition) is 2. The van der Waals surface area contributed by atoms with E-state index in [1.165, 1.54) is 32.1 Å². The van der Waals surface area contributed by atoms with Crippen LogP contribution >= 0.6 is 0 Å². The largest absolute Gasteiger partial charge is 0.370 e. The molecule has 1 aliphatic heterocycles. The van der Waals surface area contributed by atoms with E-state index in [1.54, 1.807) is 0 Å². The van der Waals surface area contributed by atoms with Crippen molar-refractivity contribution in [2.24, 2.45) is 16.6 Å². The number of nitrogens with zero attached hydrogens (tertiary/aromatic N) is 3. The number of piperidine rings is 1. The second-order valence-corrected chi connectivity index (χ2v) is 7.64. The van der Waals surface area contributed by atoms with Crippen molar-refractivity contribution >= 4 is 11.8 Å². The molecule has 1 aromatic heterocycles. The Balaban J connectivity index is 1.81. The lowest BCUT2D eigenvalue weighted by Crippen LogP contribution is -2.38. The molecular weight excluding hydrogens is 310 g/mol. The lowest BCUT2D eigenvalue weighted by atomic mass is 10.0. The fourth-order valence-electron chi connectivity index (χ4n) is 3.23. The summed E-state index contributed by atoms with van der Waals surface area (Å²) >= 11 is 0. The Labute approximate surface area is 153 Å². The first-order chi connectivity index (χ1) is 12.0. The molecule has 0 spiro atoms. The molecule has 140 valence electrons. The van der Waals surface area contributed by atoms with E-state index in [0.29, 0.717) is 18.5 Å². The third-order valence-electron chi connectivity index (χ3n) is 4.73. The molecule has 1 fully saturated rings. The van der Waals surface area contributed by atoms with Crippen molar-refractivity contribution < 1.29 is 0 Å². The molecule has 5 nitrogen and oxygen atoms in total. The monoisotopic (exact) mass is 345 g/mol. The van der Waals surface area contributed by atoms with Gasteiger partial charge in [0.2, 0.25) is 0 Å². The van der Waals surface area contributed by atoms with Crippen molar-refractivity contribution in [1.29, 1.82) is 0 Å². The standard InChI is InChI=1S/C20H35N5/c1-16(2)8-7-9-17(3)24-20(21)23-15-18-10-11-22-19(14-18)25-12-5-4-6-13-25/h10-11,14,16-17H,4-9,12-13,15H2,1-3H3,(H3,21,23,24). The smallest absolute Gasteiger partial charge is 0.189 e. The molecule has 3 N–H and O–H groups in total. The van der Waals surface area contributed by atoms with E-state index < -0.39 is 0 Å². The molecule has 2 heterocycles. The molecule has 25 heavy (non-hydrogen) atoms. The quantitative estimate of drug-likeness (QED) is 0.557. The molecule has 1 unspecified atom stereocenters. The van der Waals surface area contributed by atoms with Gasteiger partial charge in [-0.25, -0.2) is 9.98 Å². The van der Waals surface area contributed by atoms with Crippen molar-refractivity contribution in [3.8, 4) is 0 Å². The third-order valence-corrected chi connectivity index (χ3v) is 4.73. The molecule has 0 amide bonds. The van der Waals surface area contributed by atoms with Crippen LogP contribution in [0.2, 0.25) is 0 Å². The SMILES string of the molecule is CC(C)CCCC(C)NC(N)=NCc1ccnc(N2CCCCC2)c1. The van der Waals surface area contributed by atoms with Gasteiger partial charge in [0.25, 0.3) is 0 Å². The van der Waals surface area contributed by atoms with Gasteiger partial charge in [-0.3, -0.25) is 0 Å². The van der Waals surface area contributed by atoms with Crippen LogP contribution in [0, 0.1) is 5.92 Å². The van der Waals surface area contributed by atoms with Crippen molar-refractivity contribution in [3.63, 3.8) is 0 Å². The number of hydrogen-bond acceptors (Lipinski definition) is 3. The Bertz CT molecular complexity index is 535. The molecule has 0 aliphatic carbocycles. The summed E-state index contributed by atoms with van der Waals surface area (Å²) in [5.41, 5.74) is 7.21. The molecule has 1 aromatic rings. The van der Waals surface area contributed by atoms with E-state index >= 15 is 0 Å². The predicted octanol–water partition coefficient (Wildman–Crippen LogP) is 3.69. The minimum atomic E-state index is 0.365. The van der Waals surface area contributed by atoms with Crippen LogP contribution < -0.4 is 16.0 Å². The fraction of sp³-hybridized carbons (Fsp3) is 0.700. The van der Waals surface area contributed by atoms with Crippen LogP contribution in [0.25, 0.3) is 0 Å². The molecule has 0 saturated carbocycles. The van der Waals surface area contributed by atoms with Crippen LogP contribution in [0.4, 0.5) is 5.82 Å². The second kappa shape index (κ2) is 10.3. The van der Waals surface area contributed by atoms with E-state index in [2.05, 4.69) is 47.0 Å². The first kappa shape index (κ1) is 19.5. The number of pyridine rings is 1. The summed E-state index contributed by atoms with van der Waals surface area (Å²) in [5, 5.41) is 3.30. The first-order valence-electron chi connectivity index (χ1n) is 9.81. The maximum atomic E-state index is 6.05. The highest BCUT2D eigenvalue weighted by atomic mass is 15.2. The molecular formula is C20H35N5. The summed E-state index contributed by atoms with van der Waals surface area (Å²) in [6.07, 6.45) is 9.35. The molecule has 5 heteroatoms. The number of rotatable bonds is 8. The Morgan fingerprint density at radius 1 is 1.24 bits per heavy atom. The molecule has 0 bridgehead atoms. The number of aliphatic imine (C=N–C) groups is 1. The highest BCUT2D eigenvalue weighted by molar-refractivity contribution is 5.78. The van der Waals surface area contributed by atoms with Crippen molar-refractivity contribution in [2.45, 2.75) is 71.9 Å². The lowest BCUT2D eigenvalue weighted by molar-refractivity contribution is 0.493. The zero-order valence-corrected chi connectivity index (χ0v) is 16.2. The second-order valence-electron chi connectivity index (χ2n) is 7.64. The maximum absolute atomic E-state index is 6.05. The van der Waals surface area contributed by atoms with Gasteiger partial charge < -0.3 is 16.0 Å². The summed E-state index contributed by atoms with van der Waals surface area (Å²) in [4.78, 5) is 11.4. The fourth-order valence-corrected chi connectivity index (χ4v) is 3.23. The Hall–Kier alpha value is -1.78. The number of nitrogens with two attached hydrogens (primary N) is 1. The van der Waals surface area contributed by atoms with Crippen molar-refractivity contribution in [3.05, 3.63) is 23.9 Å². The average Bonchev–Trinajstić information content (AvgIpc) is 2.60. The minimum absolute atomic E-state index is 0.365. The minimum Gasteiger partial charge on any atom is -0.370 e. The first-order valence-corrected chi connectivity index (χ1v) is 9.81. The zero-order valence-electron chi connectivity index (χ0n) is 16.2.